The fourth-order valence-electron chi connectivity index (χ4n) is 2.51. The molecule has 1 aromatic carbocycles. The van der Waals surface area contributed by atoms with Crippen LogP contribution in [0.5, 0.6) is 0 Å². The molecule has 21 heavy (non-hydrogen) atoms. The van der Waals surface area contributed by atoms with Crippen molar-refractivity contribution in [3.05, 3.63) is 30.3 Å². The van der Waals surface area contributed by atoms with Crippen LogP contribution >= 0.6 is 0 Å². The van der Waals surface area contributed by atoms with Crippen molar-refractivity contribution in [2.75, 3.05) is 17.8 Å². The van der Waals surface area contributed by atoms with E-state index >= 15 is 0 Å². The molecule has 5 nitrogen and oxygen atoms in total. The van der Waals surface area contributed by atoms with Crippen LogP contribution in [-0.4, -0.2) is 37.6 Å². The van der Waals surface area contributed by atoms with Gasteiger partial charge in [-0.1, -0.05) is 32.0 Å². The third kappa shape index (κ3) is 3.97. The zero-order valence-corrected chi connectivity index (χ0v) is 13.3. The van der Waals surface area contributed by atoms with Crippen LogP contribution in [-0.2, 0) is 14.8 Å². The lowest BCUT2D eigenvalue weighted by Gasteiger charge is -2.33. The van der Waals surface area contributed by atoms with E-state index < -0.39 is 15.3 Å². The van der Waals surface area contributed by atoms with Gasteiger partial charge in [-0.25, -0.2) is 8.42 Å². The number of sulfonamides is 1. The van der Waals surface area contributed by atoms with Gasteiger partial charge < -0.3 is 4.90 Å². The molecule has 1 heterocycles. The fraction of sp³-hybridized carbons (Fsp3) is 0.533. The summed E-state index contributed by atoms with van der Waals surface area (Å²) in [6, 6.07) is 8.84. The predicted molar refractivity (Wildman–Crippen MR) is 83.4 cm³/mol. The maximum atomic E-state index is 12.4. The first kappa shape index (κ1) is 15.8. The first-order chi connectivity index (χ1) is 9.90. The average Bonchev–Trinajstić information content (AvgIpc) is 2.47. The zero-order valence-electron chi connectivity index (χ0n) is 12.5. The van der Waals surface area contributed by atoms with Crippen molar-refractivity contribution < 1.29 is 13.2 Å². The first-order valence-electron chi connectivity index (χ1n) is 7.25. The van der Waals surface area contributed by atoms with E-state index in [1.54, 1.807) is 29.2 Å². The minimum Gasteiger partial charge on any atom is -0.341 e. The van der Waals surface area contributed by atoms with Crippen molar-refractivity contribution in [3.8, 4) is 0 Å². The molecule has 1 unspecified atom stereocenters. The Kier molecular flexibility index (Phi) is 4.88. The van der Waals surface area contributed by atoms with Crippen LogP contribution in [0.3, 0.4) is 0 Å². The Morgan fingerprint density at radius 3 is 2.57 bits per heavy atom. The number of nitrogens with zero attached hydrogens (tertiary/aromatic N) is 1. The summed E-state index contributed by atoms with van der Waals surface area (Å²) in [5.41, 5.74) is 0.560. The number of hydrogen-bond donors (Lipinski definition) is 1. The Morgan fingerprint density at radius 2 is 1.95 bits per heavy atom. The van der Waals surface area contributed by atoms with Gasteiger partial charge in [0.2, 0.25) is 15.9 Å². The lowest BCUT2D eigenvalue weighted by Crippen LogP contribution is -2.47. The van der Waals surface area contributed by atoms with Crippen molar-refractivity contribution in [2.45, 2.75) is 31.9 Å². The monoisotopic (exact) mass is 310 g/mol. The van der Waals surface area contributed by atoms with Gasteiger partial charge in [-0.2, -0.15) is 0 Å². The SMILES string of the molecule is CC(C)C(=O)N1CCCC(S(=O)(=O)Nc2ccccc2)C1. The molecule has 1 aliphatic heterocycles. The van der Waals surface area contributed by atoms with Crippen LogP contribution in [0, 0.1) is 5.92 Å². The van der Waals surface area contributed by atoms with Gasteiger partial charge in [-0.05, 0) is 25.0 Å². The third-order valence-corrected chi connectivity index (χ3v) is 5.44. The molecule has 0 aliphatic carbocycles. The van der Waals surface area contributed by atoms with Crippen molar-refractivity contribution in [1.82, 2.24) is 4.90 Å². The van der Waals surface area contributed by atoms with E-state index in [1.807, 2.05) is 19.9 Å². The summed E-state index contributed by atoms with van der Waals surface area (Å²) in [6.07, 6.45) is 1.31. The summed E-state index contributed by atoms with van der Waals surface area (Å²) in [5.74, 6) is -0.0804. The Balaban J connectivity index is 2.08. The van der Waals surface area contributed by atoms with Gasteiger partial charge >= 0.3 is 0 Å². The Labute approximate surface area is 126 Å². The number of anilines is 1. The number of benzene rings is 1. The lowest BCUT2D eigenvalue weighted by atomic mass is 10.1. The number of nitrogens with one attached hydrogen (secondary N) is 1. The van der Waals surface area contributed by atoms with E-state index in [-0.39, 0.29) is 18.4 Å². The third-order valence-electron chi connectivity index (χ3n) is 3.66. The van der Waals surface area contributed by atoms with Gasteiger partial charge in [0, 0.05) is 24.7 Å². The molecule has 116 valence electrons. The topological polar surface area (TPSA) is 66.5 Å². The van der Waals surface area contributed by atoms with Crippen molar-refractivity contribution in [2.24, 2.45) is 5.92 Å². The largest absolute Gasteiger partial charge is 0.341 e. The highest BCUT2D eigenvalue weighted by atomic mass is 32.2. The molecular formula is C15H22N2O3S. The number of hydrogen-bond acceptors (Lipinski definition) is 3. The molecule has 1 atom stereocenters. The number of carbonyl (C=O) groups is 1. The molecule has 2 rings (SSSR count). The number of piperidine rings is 1. The predicted octanol–water partition coefficient (Wildman–Crippen LogP) is 2.08. The first-order valence-corrected chi connectivity index (χ1v) is 8.80. The minimum absolute atomic E-state index is 0.0228. The molecule has 0 saturated carbocycles. The molecule has 1 aliphatic rings. The quantitative estimate of drug-likeness (QED) is 0.926. The zero-order chi connectivity index (χ0) is 15.5. The average molecular weight is 310 g/mol. The molecule has 6 heteroatoms. The van der Waals surface area contributed by atoms with Gasteiger partial charge in [0.25, 0.3) is 0 Å². The molecule has 1 amide bonds. The van der Waals surface area contributed by atoms with Gasteiger partial charge in [-0.3, -0.25) is 9.52 Å². The second-order valence-corrected chi connectivity index (χ2v) is 7.68. The molecule has 1 aromatic rings. The number of carbonyl (C=O) groups excluding carboxylic acids is 1. The number of rotatable bonds is 4. The van der Waals surface area contributed by atoms with Crippen LogP contribution in [0.25, 0.3) is 0 Å². The standard InChI is InChI=1S/C15H22N2O3S/c1-12(2)15(18)17-10-6-9-14(11-17)21(19,20)16-13-7-4-3-5-8-13/h3-5,7-8,12,14,16H,6,9-11H2,1-2H3. The number of amides is 1. The summed E-state index contributed by atoms with van der Waals surface area (Å²) < 4.78 is 27.5. The van der Waals surface area contributed by atoms with Crippen LogP contribution in [0.15, 0.2) is 30.3 Å². The minimum atomic E-state index is -3.47. The highest BCUT2D eigenvalue weighted by molar-refractivity contribution is 7.93. The van der Waals surface area contributed by atoms with E-state index in [0.29, 0.717) is 18.7 Å². The molecule has 0 radical (unpaired) electrons. The maximum Gasteiger partial charge on any atom is 0.237 e. The van der Waals surface area contributed by atoms with Crippen LogP contribution < -0.4 is 4.72 Å². The summed E-state index contributed by atoms with van der Waals surface area (Å²) in [5, 5.41) is -0.547. The smallest absolute Gasteiger partial charge is 0.237 e. The van der Waals surface area contributed by atoms with E-state index in [1.165, 1.54) is 0 Å². The van der Waals surface area contributed by atoms with Gasteiger partial charge in [-0.15, -0.1) is 0 Å². The van der Waals surface area contributed by atoms with Crippen LogP contribution in [0.4, 0.5) is 5.69 Å². The number of likely N-dealkylation sites (tertiary alicyclic amines) is 1. The van der Waals surface area contributed by atoms with E-state index in [4.69, 9.17) is 0 Å². The summed E-state index contributed by atoms with van der Waals surface area (Å²) in [6.45, 7) is 4.60. The Hall–Kier alpha value is -1.56. The van der Waals surface area contributed by atoms with E-state index in [0.717, 1.165) is 6.42 Å². The highest BCUT2D eigenvalue weighted by Gasteiger charge is 2.33. The fourth-order valence-corrected chi connectivity index (χ4v) is 4.00. The summed E-state index contributed by atoms with van der Waals surface area (Å²) in [7, 11) is -3.47. The van der Waals surface area contributed by atoms with E-state index in [2.05, 4.69) is 4.72 Å². The number of para-hydroxylation sites is 1. The van der Waals surface area contributed by atoms with Crippen molar-refractivity contribution in [1.29, 1.82) is 0 Å². The molecule has 1 fully saturated rings. The van der Waals surface area contributed by atoms with Crippen LogP contribution in [0.2, 0.25) is 0 Å². The second-order valence-electron chi connectivity index (χ2n) is 5.72. The normalized spacial score (nSPS) is 19.6. The van der Waals surface area contributed by atoms with Crippen molar-refractivity contribution >= 4 is 21.6 Å². The Bertz CT molecular complexity index is 584. The molecular weight excluding hydrogens is 288 g/mol. The van der Waals surface area contributed by atoms with Crippen molar-refractivity contribution in [3.63, 3.8) is 0 Å². The lowest BCUT2D eigenvalue weighted by molar-refractivity contribution is -0.135. The molecule has 0 spiro atoms. The molecule has 1 saturated heterocycles. The summed E-state index contributed by atoms with van der Waals surface area (Å²) >= 11 is 0. The highest BCUT2D eigenvalue weighted by Crippen LogP contribution is 2.21. The molecule has 1 N–H and O–H groups in total. The van der Waals surface area contributed by atoms with Gasteiger partial charge in [0.1, 0.15) is 0 Å². The Morgan fingerprint density at radius 1 is 1.29 bits per heavy atom. The maximum absolute atomic E-state index is 12.4. The second kappa shape index (κ2) is 6.47. The molecule has 0 bridgehead atoms. The van der Waals surface area contributed by atoms with Gasteiger partial charge in [0.05, 0.1) is 5.25 Å². The van der Waals surface area contributed by atoms with Crippen LogP contribution in [0.1, 0.15) is 26.7 Å². The van der Waals surface area contributed by atoms with E-state index in [9.17, 15) is 13.2 Å². The van der Waals surface area contributed by atoms with Gasteiger partial charge in [0.15, 0.2) is 0 Å². The summed E-state index contributed by atoms with van der Waals surface area (Å²) in [4.78, 5) is 13.7. The molecule has 0 aromatic heterocycles.